The normalized spacial score (nSPS) is 12.6. The molecule has 2 aromatic rings. The van der Waals surface area contributed by atoms with Crippen molar-refractivity contribution < 1.29 is 13.9 Å². The molecule has 5 nitrogen and oxygen atoms in total. The quantitative estimate of drug-likeness (QED) is 0.347. The molecule has 0 radical (unpaired) electrons. The van der Waals surface area contributed by atoms with E-state index in [4.69, 9.17) is 9.47 Å². The molecule has 0 bridgehead atoms. The Kier molecular flexibility index (Phi) is 8.82. The summed E-state index contributed by atoms with van der Waals surface area (Å²) in [6.07, 6.45) is 1.88. The van der Waals surface area contributed by atoms with Crippen LogP contribution in [0.25, 0.3) is 0 Å². The lowest BCUT2D eigenvalue weighted by Crippen LogP contribution is -2.38. The van der Waals surface area contributed by atoms with Crippen LogP contribution in [0.2, 0.25) is 0 Å². The van der Waals surface area contributed by atoms with E-state index in [9.17, 15) is 4.39 Å². The zero-order valence-corrected chi connectivity index (χ0v) is 18.6. The van der Waals surface area contributed by atoms with Crippen molar-refractivity contribution in [2.45, 2.75) is 26.3 Å². The van der Waals surface area contributed by atoms with Gasteiger partial charge in [-0.1, -0.05) is 18.2 Å². The Bertz CT molecular complexity index is 814. The summed E-state index contributed by atoms with van der Waals surface area (Å²) in [6, 6.07) is 11.3. The van der Waals surface area contributed by atoms with E-state index in [0.29, 0.717) is 6.54 Å². The molecule has 1 heterocycles. The van der Waals surface area contributed by atoms with Crippen LogP contribution in [-0.4, -0.2) is 32.8 Å². The van der Waals surface area contributed by atoms with Gasteiger partial charge in [0.2, 0.25) is 0 Å². The third kappa shape index (κ3) is 5.98. The first-order chi connectivity index (χ1) is 13.2. The summed E-state index contributed by atoms with van der Waals surface area (Å²) in [7, 11) is 1.46. The predicted octanol–water partition coefficient (Wildman–Crippen LogP) is 3.69. The summed E-state index contributed by atoms with van der Waals surface area (Å²) < 4.78 is 24.3. The number of hydrogen-bond donors (Lipinski definition) is 2. The van der Waals surface area contributed by atoms with Crippen LogP contribution < -0.4 is 20.1 Å². The monoisotopic (exact) mass is 499 g/mol. The van der Waals surface area contributed by atoms with Gasteiger partial charge >= 0.3 is 0 Å². The summed E-state index contributed by atoms with van der Waals surface area (Å²) in [5, 5.41) is 6.55. The molecule has 28 heavy (non-hydrogen) atoms. The van der Waals surface area contributed by atoms with E-state index in [1.54, 1.807) is 6.07 Å². The van der Waals surface area contributed by atoms with E-state index < -0.39 is 0 Å². The number of rotatable bonds is 7. The molecule has 0 saturated carbocycles. The van der Waals surface area contributed by atoms with E-state index in [-0.39, 0.29) is 35.5 Å². The van der Waals surface area contributed by atoms with Crippen LogP contribution in [0.5, 0.6) is 11.5 Å². The Morgan fingerprint density at radius 2 is 2.00 bits per heavy atom. The van der Waals surface area contributed by atoms with Gasteiger partial charge in [0, 0.05) is 19.5 Å². The fourth-order valence-corrected chi connectivity index (χ4v) is 3.04. The number of benzene rings is 2. The highest BCUT2D eigenvalue weighted by molar-refractivity contribution is 14.0. The van der Waals surface area contributed by atoms with E-state index >= 15 is 0 Å². The van der Waals surface area contributed by atoms with Crippen molar-refractivity contribution in [2.24, 2.45) is 4.99 Å². The first-order valence-electron chi connectivity index (χ1n) is 9.28. The summed E-state index contributed by atoms with van der Waals surface area (Å²) in [4.78, 5) is 4.54. The van der Waals surface area contributed by atoms with Crippen LogP contribution in [0.4, 0.5) is 4.39 Å². The van der Waals surface area contributed by atoms with Crippen LogP contribution in [0.15, 0.2) is 41.4 Å². The van der Waals surface area contributed by atoms with Crippen LogP contribution in [0.3, 0.4) is 0 Å². The van der Waals surface area contributed by atoms with Crippen molar-refractivity contribution >= 4 is 29.9 Å². The van der Waals surface area contributed by atoms with E-state index in [1.807, 2.05) is 13.0 Å². The summed E-state index contributed by atoms with van der Waals surface area (Å²) >= 11 is 0. The van der Waals surface area contributed by atoms with Crippen molar-refractivity contribution in [2.75, 3.05) is 26.8 Å². The van der Waals surface area contributed by atoms with Crippen molar-refractivity contribution in [3.8, 4) is 11.5 Å². The second-order valence-corrected chi connectivity index (χ2v) is 6.38. The zero-order chi connectivity index (χ0) is 19.1. The standard InChI is InChI=1S/C21H26FN3O2.HI/c1-3-23-21(25-14-16-5-7-20(26-2)18(22)13-16)24-10-8-15-4-6-19-17(12-15)9-11-27-19;/h4-7,12-13H,3,8-11,14H2,1-2H3,(H2,23,24,25);1H. The number of nitrogens with zero attached hydrogens (tertiary/aromatic N) is 1. The minimum atomic E-state index is -0.372. The van der Waals surface area contributed by atoms with Gasteiger partial charge in [0.25, 0.3) is 0 Å². The van der Waals surface area contributed by atoms with E-state index in [1.165, 1.54) is 24.3 Å². The largest absolute Gasteiger partial charge is 0.494 e. The van der Waals surface area contributed by atoms with Gasteiger partial charge in [0.15, 0.2) is 17.5 Å². The molecule has 0 unspecified atom stereocenters. The van der Waals surface area contributed by atoms with Crippen LogP contribution >= 0.6 is 24.0 Å². The molecular weight excluding hydrogens is 472 g/mol. The molecule has 0 aliphatic carbocycles. The fraction of sp³-hybridized carbons (Fsp3) is 0.381. The molecule has 152 valence electrons. The molecule has 0 spiro atoms. The van der Waals surface area contributed by atoms with Crippen molar-refractivity contribution in [3.63, 3.8) is 0 Å². The van der Waals surface area contributed by atoms with Gasteiger partial charge in [0.05, 0.1) is 20.3 Å². The maximum atomic E-state index is 13.8. The molecule has 1 aliphatic rings. The minimum Gasteiger partial charge on any atom is -0.494 e. The fourth-order valence-electron chi connectivity index (χ4n) is 3.04. The highest BCUT2D eigenvalue weighted by atomic mass is 127. The number of guanidine groups is 1. The maximum absolute atomic E-state index is 13.8. The zero-order valence-electron chi connectivity index (χ0n) is 16.3. The van der Waals surface area contributed by atoms with Gasteiger partial charge in [0.1, 0.15) is 5.75 Å². The summed E-state index contributed by atoms with van der Waals surface area (Å²) in [5.41, 5.74) is 3.36. The molecule has 0 fully saturated rings. The molecule has 2 aromatic carbocycles. The van der Waals surface area contributed by atoms with Crippen molar-refractivity contribution in [1.82, 2.24) is 10.6 Å². The smallest absolute Gasteiger partial charge is 0.191 e. The van der Waals surface area contributed by atoms with E-state index in [0.717, 1.165) is 49.8 Å². The average molecular weight is 499 g/mol. The molecule has 3 rings (SSSR count). The van der Waals surface area contributed by atoms with Crippen molar-refractivity contribution in [1.29, 1.82) is 0 Å². The van der Waals surface area contributed by atoms with Gasteiger partial charge in [-0.05, 0) is 48.2 Å². The number of methoxy groups -OCH3 is 1. The summed E-state index contributed by atoms with van der Waals surface area (Å²) in [6.45, 7) is 4.72. The highest BCUT2D eigenvalue weighted by Crippen LogP contribution is 2.25. The number of hydrogen-bond acceptors (Lipinski definition) is 3. The molecule has 0 atom stereocenters. The van der Waals surface area contributed by atoms with Gasteiger partial charge in [-0.25, -0.2) is 9.38 Å². The molecule has 0 saturated heterocycles. The number of ether oxygens (including phenoxy) is 2. The lowest BCUT2D eigenvalue weighted by molar-refractivity contribution is 0.357. The van der Waals surface area contributed by atoms with Crippen molar-refractivity contribution in [3.05, 3.63) is 58.9 Å². The second-order valence-electron chi connectivity index (χ2n) is 6.38. The third-order valence-electron chi connectivity index (χ3n) is 4.44. The van der Waals surface area contributed by atoms with Gasteiger partial charge in [-0.15, -0.1) is 24.0 Å². The first-order valence-corrected chi connectivity index (χ1v) is 9.28. The number of nitrogens with one attached hydrogen (secondary N) is 2. The number of halogens is 2. The Hall–Kier alpha value is -2.03. The predicted molar refractivity (Wildman–Crippen MR) is 121 cm³/mol. The molecule has 0 aromatic heterocycles. The lowest BCUT2D eigenvalue weighted by Gasteiger charge is -2.12. The Balaban J connectivity index is 0.00000280. The molecule has 1 aliphatic heterocycles. The highest BCUT2D eigenvalue weighted by Gasteiger charge is 2.11. The molecule has 7 heteroatoms. The first kappa shape index (κ1) is 22.3. The van der Waals surface area contributed by atoms with Gasteiger partial charge in [-0.3, -0.25) is 0 Å². The Labute approximate surface area is 182 Å². The maximum Gasteiger partial charge on any atom is 0.191 e. The molecule has 0 amide bonds. The Morgan fingerprint density at radius 3 is 2.75 bits per heavy atom. The number of aliphatic imine (C=N–C) groups is 1. The van der Waals surface area contributed by atoms with Crippen LogP contribution in [0.1, 0.15) is 23.6 Å². The van der Waals surface area contributed by atoms with E-state index in [2.05, 4.69) is 33.8 Å². The topological polar surface area (TPSA) is 54.9 Å². The van der Waals surface area contributed by atoms with Gasteiger partial charge < -0.3 is 20.1 Å². The Morgan fingerprint density at radius 1 is 1.18 bits per heavy atom. The van der Waals surface area contributed by atoms with Crippen LogP contribution in [-0.2, 0) is 19.4 Å². The number of fused-ring (bicyclic) bond motifs is 1. The minimum absolute atomic E-state index is 0. The second kappa shape index (κ2) is 11.1. The lowest BCUT2D eigenvalue weighted by atomic mass is 10.1. The SMILES string of the molecule is CCNC(=NCc1ccc(OC)c(F)c1)NCCc1ccc2c(c1)CCO2.I. The average Bonchev–Trinajstić information content (AvgIpc) is 3.14. The third-order valence-corrected chi connectivity index (χ3v) is 4.44. The summed E-state index contributed by atoms with van der Waals surface area (Å²) in [5.74, 6) is 1.60. The molecule has 2 N–H and O–H groups in total. The van der Waals surface area contributed by atoms with Gasteiger partial charge in [-0.2, -0.15) is 0 Å². The molecular formula is C21H27FIN3O2. The van der Waals surface area contributed by atoms with Crippen LogP contribution in [0, 0.1) is 5.82 Å².